The van der Waals surface area contributed by atoms with Gasteiger partial charge >= 0.3 is 5.97 Å². The van der Waals surface area contributed by atoms with Gasteiger partial charge in [0.25, 0.3) is 0 Å². The highest BCUT2D eigenvalue weighted by Crippen LogP contribution is 2.30. The van der Waals surface area contributed by atoms with E-state index in [0.29, 0.717) is 23.6 Å². The van der Waals surface area contributed by atoms with Gasteiger partial charge in [0.05, 0.1) is 12.7 Å². The highest BCUT2D eigenvalue weighted by atomic mass is 16.5. The van der Waals surface area contributed by atoms with E-state index in [-0.39, 0.29) is 5.97 Å². The highest BCUT2D eigenvalue weighted by Gasteiger charge is 2.11. The topological polar surface area (TPSA) is 47.9 Å². The molecular weight excluding hydrogens is 182 g/mol. The van der Waals surface area contributed by atoms with Crippen molar-refractivity contribution >= 4 is 17.9 Å². The minimum atomic E-state index is -0.367. The van der Waals surface area contributed by atoms with Gasteiger partial charge in [-0.1, -0.05) is 0 Å². The van der Waals surface area contributed by atoms with E-state index >= 15 is 0 Å². The van der Waals surface area contributed by atoms with Crippen LogP contribution in [-0.4, -0.2) is 25.9 Å². The van der Waals surface area contributed by atoms with Gasteiger partial charge in [0.15, 0.2) is 0 Å². The fourth-order valence-electron chi connectivity index (χ4n) is 1.25. The molecule has 2 rings (SSSR count). The molecule has 0 N–H and O–H groups in total. The quantitative estimate of drug-likeness (QED) is 0.633. The Kier molecular flexibility index (Phi) is 2.18. The second-order valence-corrected chi connectivity index (χ2v) is 2.80. The lowest BCUT2D eigenvalue weighted by Gasteiger charge is -2.11. The number of benzene rings is 1. The fourth-order valence-corrected chi connectivity index (χ4v) is 1.25. The summed E-state index contributed by atoms with van der Waals surface area (Å²) in [5.74, 6) is 0.328. The molecule has 1 aliphatic heterocycles. The third-order valence-corrected chi connectivity index (χ3v) is 1.92. The summed E-state index contributed by atoms with van der Waals surface area (Å²) in [6.07, 6.45) is 1.66. The molecule has 0 spiro atoms. The molecule has 0 saturated heterocycles. The van der Waals surface area contributed by atoms with Gasteiger partial charge in [-0.15, -0.1) is 0 Å². The predicted molar refractivity (Wildman–Crippen MR) is 51.4 cm³/mol. The minimum absolute atomic E-state index is 0.367. The molecule has 1 aliphatic rings. The second-order valence-electron chi connectivity index (χ2n) is 2.80. The van der Waals surface area contributed by atoms with E-state index in [1.165, 1.54) is 7.11 Å². The van der Waals surface area contributed by atoms with E-state index in [9.17, 15) is 4.79 Å². The first kappa shape index (κ1) is 8.74. The SMILES string of the molecule is COC(=O)c1ccc2c(c1)N=CCO2. The van der Waals surface area contributed by atoms with Gasteiger partial charge < -0.3 is 9.47 Å². The minimum Gasteiger partial charge on any atom is -0.486 e. The third kappa shape index (κ3) is 1.46. The van der Waals surface area contributed by atoms with Crippen molar-refractivity contribution < 1.29 is 14.3 Å². The number of hydrogen-bond acceptors (Lipinski definition) is 4. The molecule has 14 heavy (non-hydrogen) atoms. The van der Waals surface area contributed by atoms with Crippen molar-refractivity contribution in [2.45, 2.75) is 0 Å². The standard InChI is InChI=1S/C10H9NO3/c1-13-10(12)7-2-3-9-8(6-7)11-4-5-14-9/h2-4,6H,5H2,1H3. The third-order valence-electron chi connectivity index (χ3n) is 1.92. The van der Waals surface area contributed by atoms with Crippen molar-refractivity contribution in [2.75, 3.05) is 13.7 Å². The molecule has 1 aromatic carbocycles. The van der Waals surface area contributed by atoms with Crippen LogP contribution in [0, 0.1) is 0 Å². The van der Waals surface area contributed by atoms with Crippen LogP contribution in [0.1, 0.15) is 10.4 Å². The van der Waals surface area contributed by atoms with Crippen LogP contribution in [0.5, 0.6) is 5.75 Å². The molecule has 72 valence electrons. The summed E-state index contributed by atoms with van der Waals surface area (Å²) in [4.78, 5) is 15.3. The first-order chi connectivity index (χ1) is 6.81. The molecule has 0 bridgehead atoms. The number of nitrogens with zero attached hydrogens (tertiary/aromatic N) is 1. The molecule has 0 atom stereocenters. The number of methoxy groups -OCH3 is 1. The Hall–Kier alpha value is -1.84. The Morgan fingerprint density at radius 1 is 1.57 bits per heavy atom. The van der Waals surface area contributed by atoms with E-state index in [1.807, 2.05) is 0 Å². The number of ether oxygens (including phenoxy) is 2. The van der Waals surface area contributed by atoms with Crippen LogP contribution in [0.2, 0.25) is 0 Å². The molecule has 0 saturated carbocycles. The summed E-state index contributed by atoms with van der Waals surface area (Å²) < 4.78 is 9.89. The van der Waals surface area contributed by atoms with Crippen LogP contribution in [0.25, 0.3) is 0 Å². The van der Waals surface area contributed by atoms with Gasteiger partial charge in [0.1, 0.15) is 18.0 Å². The van der Waals surface area contributed by atoms with E-state index < -0.39 is 0 Å². The number of fused-ring (bicyclic) bond motifs is 1. The van der Waals surface area contributed by atoms with Gasteiger partial charge in [0.2, 0.25) is 0 Å². The van der Waals surface area contributed by atoms with Crippen molar-refractivity contribution in [3.05, 3.63) is 23.8 Å². The van der Waals surface area contributed by atoms with Crippen molar-refractivity contribution in [1.82, 2.24) is 0 Å². The summed E-state index contributed by atoms with van der Waals surface area (Å²) in [7, 11) is 1.35. The van der Waals surface area contributed by atoms with Crippen molar-refractivity contribution in [3.63, 3.8) is 0 Å². The maximum atomic E-state index is 11.2. The van der Waals surface area contributed by atoms with Crippen molar-refractivity contribution in [3.8, 4) is 5.75 Å². The Labute approximate surface area is 81.2 Å². The molecule has 4 nitrogen and oxygen atoms in total. The Morgan fingerprint density at radius 3 is 3.21 bits per heavy atom. The van der Waals surface area contributed by atoms with E-state index in [4.69, 9.17) is 4.74 Å². The van der Waals surface area contributed by atoms with Crippen molar-refractivity contribution in [2.24, 2.45) is 4.99 Å². The maximum absolute atomic E-state index is 11.2. The van der Waals surface area contributed by atoms with Gasteiger partial charge in [-0.3, -0.25) is 4.99 Å². The zero-order valence-electron chi connectivity index (χ0n) is 7.69. The highest BCUT2D eigenvalue weighted by molar-refractivity contribution is 5.91. The number of hydrogen-bond donors (Lipinski definition) is 0. The van der Waals surface area contributed by atoms with E-state index in [0.717, 1.165) is 0 Å². The monoisotopic (exact) mass is 191 g/mol. The number of carbonyl (C=O) groups excluding carboxylic acids is 1. The average molecular weight is 191 g/mol. The molecule has 0 unspecified atom stereocenters. The normalized spacial score (nSPS) is 12.9. The van der Waals surface area contributed by atoms with Crippen LogP contribution in [-0.2, 0) is 4.74 Å². The van der Waals surface area contributed by atoms with E-state index in [2.05, 4.69) is 9.73 Å². The summed E-state index contributed by atoms with van der Waals surface area (Å²) in [5, 5.41) is 0. The Bertz CT molecular complexity index is 398. The predicted octanol–water partition coefficient (Wildman–Crippen LogP) is 1.57. The summed E-state index contributed by atoms with van der Waals surface area (Å²) >= 11 is 0. The lowest BCUT2D eigenvalue weighted by atomic mass is 10.2. The molecule has 1 heterocycles. The molecule has 0 fully saturated rings. The Morgan fingerprint density at radius 2 is 2.43 bits per heavy atom. The zero-order chi connectivity index (χ0) is 9.97. The van der Waals surface area contributed by atoms with Crippen LogP contribution >= 0.6 is 0 Å². The number of esters is 1. The van der Waals surface area contributed by atoms with E-state index in [1.54, 1.807) is 24.4 Å². The number of aliphatic imine (C=N–C) groups is 1. The molecule has 0 aromatic heterocycles. The van der Waals surface area contributed by atoms with Gasteiger partial charge in [-0.25, -0.2) is 4.79 Å². The summed E-state index contributed by atoms with van der Waals surface area (Å²) in [6, 6.07) is 5.03. The van der Waals surface area contributed by atoms with Gasteiger partial charge in [-0.05, 0) is 18.2 Å². The molecule has 0 amide bonds. The van der Waals surface area contributed by atoms with Crippen LogP contribution < -0.4 is 4.74 Å². The largest absolute Gasteiger partial charge is 0.486 e. The Balaban J connectivity index is 2.40. The second kappa shape index (κ2) is 3.49. The smallest absolute Gasteiger partial charge is 0.337 e. The first-order valence-electron chi connectivity index (χ1n) is 4.19. The summed E-state index contributed by atoms with van der Waals surface area (Å²) in [6.45, 7) is 0.477. The average Bonchev–Trinajstić information content (AvgIpc) is 2.27. The lowest BCUT2D eigenvalue weighted by Crippen LogP contribution is -2.05. The zero-order valence-corrected chi connectivity index (χ0v) is 7.69. The van der Waals surface area contributed by atoms with Gasteiger partial charge in [0, 0.05) is 6.21 Å². The van der Waals surface area contributed by atoms with Crippen LogP contribution in [0.3, 0.4) is 0 Å². The van der Waals surface area contributed by atoms with Gasteiger partial charge in [-0.2, -0.15) is 0 Å². The maximum Gasteiger partial charge on any atom is 0.337 e. The molecule has 4 heteroatoms. The molecular formula is C10H9NO3. The van der Waals surface area contributed by atoms with Crippen LogP contribution in [0.15, 0.2) is 23.2 Å². The fraction of sp³-hybridized carbons (Fsp3) is 0.200. The number of rotatable bonds is 1. The van der Waals surface area contributed by atoms with Crippen molar-refractivity contribution in [1.29, 1.82) is 0 Å². The summed E-state index contributed by atoms with van der Waals surface area (Å²) in [5.41, 5.74) is 1.15. The van der Waals surface area contributed by atoms with Crippen LogP contribution in [0.4, 0.5) is 5.69 Å². The molecule has 0 aliphatic carbocycles. The first-order valence-corrected chi connectivity index (χ1v) is 4.19. The lowest BCUT2D eigenvalue weighted by molar-refractivity contribution is 0.0600. The number of carbonyl (C=O) groups is 1. The molecule has 0 radical (unpaired) electrons. The molecule has 1 aromatic rings.